The van der Waals surface area contributed by atoms with Crippen LogP contribution in [0.3, 0.4) is 0 Å². The molecule has 26 heavy (non-hydrogen) atoms. The van der Waals surface area contributed by atoms with Crippen molar-refractivity contribution < 1.29 is 19.7 Å². The molecule has 0 unspecified atom stereocenters. The first-order valence-electron chi connectivity index (χ1n) is 9.62. The average Bonchev–Trinajstić information content (AvgIpc) is 2.90. The number of ether oxygens (including phenoxy) is 1. The molecule has 4 nitrogen and oxygen atoms in total. The number of benzene rings is 1. The molecule has 0 saturated heterocycles. The first-order chi connectivity index (χ1) is 12.4. The molecule has 3 aliphatic carbocycles. The summed E-state index contributed by atoms with van der Waals surface area (Å²) in [5.41, 5.74) is 2.17. The van der Waals surface area contributed by atoms with Crippen molar-refractivity contribution >= 4 is 5.97 Å². The molecule has 5 atom stereocenters. The van der Waals surface area contributed by atoms with Gasteiger partial charge in [-0.05, 0) is 73.3 Å². The quantitative estimate of drug-likeness (QED) is 0.484. The maximum Gasteiger partial charge on any atom is 0.323 e. The normalized spacial score (nSPS) is 35.0. The molecule has 1 aromatic rings. The van der Waals surface area contributed by atoms with E-state index in [1.54, 1.807) is 12.1 Å². The fourth-order valence-corrected chi connectivity index (χ4v) is 5.97. The maximum atomic E-state index is 12.0. The number of aliphatic hydroxyl groups is 1. The molecule has 0 aromatic heterocycles. The fraction of sp³-hybridized carbons (Fsp3) is 0.591. The van der Waals surface area contributed by atoms with Crippen LogP contribution in [0.15, 0.2) is 12.1 Å². The summed E-state index contributed by atoms with van der Waals surface area (Å²) in [6.07, 6.45) is 10.8. The SMILES string of the molecule is C#CCC(=O)Oc1cc(O)cc2c1[C@H]1CC[C@]3(C)[C@@H](O)CC[C@H]3[C@H]1CC2. The third-order valence-corrected chi connectivity index (χ3v) is 7.19. The summed E-state index contributed by atoms with van der Waals surface area (Å²) in [7, 11) is 0. The van der Waals surface area contributed by atoms with Crippen molar-refractivity contribution in [3.05, 3.63) is 23.3 Å². The van der Waals surface area contributed by atoms with Gasteiger partial charge in [-0.2, -0.15) is 0 Å². The number of esters is 1. The summed E-state index contributed by atoms with van der Waals surface area (Å²) < 4.78 is 5.55. The highest BCUT2D eigenvalue weighted by molar-refractivity contribution is 5.75. The number of hydrogen-bond donors (Lipinski definition) is 2. The molecule has 2 saturated carbocycles. The van der Waals surface area contributed by atoms with Crippen LogP contribution >= 0.6 is 0 Å². The van der Waals surface area contributed by atoms with Crippen molar-refractivity contribution in [2.24, 2.45) is 17.3 Å². The zero-order valence-corrected chi connectivity index (χ0v) is 15.2. The zero-order chi connectivity index (χ0) is 18.5. The fourth-order valence-electron chi connectivity index (χ4n) is 5.97. The number of phenolic OH excluding ortho intramolecular Hbond substituents is 1. The van der Waals surface area contributed by atoms with E-state index in [9.17, 15) is 15.0 Å². The predicted octanol–water partition coefficient (Wildman–Crippen LogP) is 3.54. The predicted molar refractivity (Wildman–Crippen MR) is 97.8 cm³/mol. The van der Waals surface area contributed by atoms with E-state index in [0.717, 1.165) is 49.7 Å². The Bertz CT molecular complexity index is 777. The molecule has 2 N–H and O–H groups in total. The number of rotatable bonds is 2. The van der Waals surface area contributed by atoms with Crippen molar-refractivity contribution in [1.29, 1.82) is 0 Å². The highest BCUT2D eigenvalue weighted by Gasteiger charge is 2.54. The third-order valence-electron chi connectivity index (χ3n) is 7.19. The molecule has 0 bridgehead atoms. The highest BCUT2D eigenvalue weighted by atomic mass is 16.5. The number of aryl methyl sites for hydroxylation is 1. The summed E-state index contributed by atoms with van der Waals surface area (Å²) in [4.78, 5) is 12.0. The molecule has 2 fully saturated rings. The van der Waals surface area contributed by atoms with E-state index in [0.29, 0.717) is 23.5 Å². The van der Waals surface area contributed by atoms with Crippen LogP contribution in [-0.2, 0) is 11.2 Å². The molecule has 0 spiro atoms. The first kappa shape index (κ1) is 17.4. The molecule has 4 heteroatoms. The van der Waals surface area contributed by atoms with E-state index < -0.39 is 5.97 Å². The summed E-state index contributed by atoms with van der Waals surface area (Å²) in [5, 5.41) is 20.6. The Hall–Kier alpha value is -1.99. The van der Waals surface area contributed by atoms with Crippen LogP contribution in [0.2, 0.25) is 0 Å². The zero-order valence-electron chi connectivity index (χ0n) is 15.2. The average molecular weight is 354 g/mol. The summed E-state index contributed by atoms with van der Waals surface area (Å²) in [5.74, 6) is 3.77. The number of carbonyl (C=O) groups excluding carboxylic acids is 1. The second-order valence-corrected chi connectivity index (χ2v) is 8.42. The molecule has 1 aromatic carbocycles. The number of aromatic hydroxyl groups is 1. The van der Waals surface area contributed by atoms with Crippen LogP contribution in [0, 0.1) is 29.6 Å². The Kier molecular flexibility index (Phi) is 4.23. The molecule has 138 valence electrons. The van der Waals surface area contributed by atoms with Gasteiger partial charge < -0.3 is 14.9 Å². The van der Waals surface area contributed by atoms with E-state index in [4.69, 9.17) is 11.2 Å². The van der Waals surface area contributed by atoms with Crippen LogP contribution in [0.4, 0.5) is 0 Å². The lowest BCUT2D eigenvalue weighted by molar-refractivity contribution is -0.133. The van der Waals surface area contributed by atoms with Gasteiger partial charge in [0, 0.05) is 11.6 Å². The molecule has 0 heterocycles. The van der Waals surface area contributed by atoms with Crippen molar-refractivity contribution in [3.63, 3.8) is 0 Å². The smallest absolute Gasteiger partial charge is 0.323 e. The van der Waals surface area contributed by atoms with Gasteiger partial charge in [-0.15, -0.1) is 6.42 Å². The molecule has 0 aliphatic heterocycles. The second kappa shape index (κ2) is 6.32. The van der Waals surface area contributed by atoms with Gasteiger partial charge in [0.2, 0.25) is 0 Å². The van der Waals surface area contributed by atoms with Gasteiger partial charge in [-0.1, -0.05) is 12.8 Å². The van der Waals surface area contributed by atoms with Crippen molar-refractivity contribution in [1.82, 2.24) is 0 Å². The van der Waals surface area contributed by atoms with Gasteiger partial charge in [0.25, 0.3) is 0 Å². The minimum Gasteiger partial charge on any atom is -0.508 e. The monoisotopic (exact) mass is 354 g/mol. The first-order valence-corrected chi connectivity index (χ1v) is 9.62. The number of terminal acetylenes is 1. The van der Waals surface area contributed by atoms with E-state index in [2.05, 4.69) is 12.8 Å². The summed E-state index contributed by atoms with van der Waals surface area (Å²) in [6.45, 7) is 2.24. The Morgan fingerprint density at radius 1 is 1.35 bits per heavy atom. The van der Waals surface area contributed by atoms with Crippen LogP contribution in [-0.4, -0.2) is 22.3 Å². The number of hydrogen-bond acceptors (Lipinski definition) is 4. The van der Waals surface area contributed by atoms with Gasteiger partial charge in [0.05, 0.1) is 6.10 Å². The third kappa shape index (κ3) is 2.61. The Morgan fingerprint density at radius 3 is 2.92 bits per heavy atom. The standard InChI is InChI=1S/C22H26O4/c1-3-4-20(25)26-18-12-14(23)11-13-5-6-15-16(21(13)18)9-10-22(2)17(15)7-8-19(22)24/h1,11-12,15-17,19,23-24H,4-10H2,2H3/t15-,16-,17-,19-,22-/m0/s1. The summed E-state index contributed by atoms with van der Waals surface area (Å²) >= 11 is 0. The number of phenols is 1. The van der Waals surface area contributed by atoms with Gasteiger partial charge in [0.15, 0.2) is 0 Å². The lowest BCUT2D eigenvalue weighted by atomic mass is 9.55. The molecular weight excluding hydrogens is 328 g/mol. The minimum absolute atomic E-state index is 0.00982. The van der Waals surface area contributed by atoms with E-state index in [1.807, 2.05) is 0 Å². The largest absolute Gasteiger partial charge is 0.508 e. The van der Waals surface area contributed by atoms with Gasteiger partial charge >= 0.3 is 5.97 Å². The van der Waals surface area contributed by atoms with E-state index in [1.165, 1.54) is 0 Å². The van der Waals surface area contributed by atoms with E-state index >= 15 is 0 Å². The van der Waals surface area contributed by atoms with Gasteiger partial charge in [-0.25, -0.2) is 0 Å². The van der Waals surface area contributed by atoms with Crippen molar-refractivity contribution in [2.75, 3.05) is 0 Å². The van der Waals surface area contributed by atoms with Crippen LogP contribution < -0.4 is 4.74 Å². The molecule has 3 aliphatic rings. The minimum atomic E-state index is -0.459. The Morgan fingerprint density at radius 2 is 2.15 bits per heavy atom. The molecule has 0 radical (unpaired) electrons. The maximum absolute atomic E-state index is 12.0. The molecule has 4 rings (SSSR count). The summed E-state index contributed by atoms with van der Waals surface area (Å²) in [6, 6.07) is 3.36. The Balaban J connectivity index is 1.71. The van der Waals surface area contributed by atoms with Crippen molar-refractivity contribution in [3.8, 4) is 23.8 Å². The highest BCUT2D eigenvalue weighted by Crippen LogP contribution is 2.62. The van der Waals surface area contributed by atoms with Crippen LogP contribution in [0.1, 0.15) is 62.5 Å². The molecular formula is C22H26O4. The number of carbonyl (C=O) groups is 1. The van der Waals surface area contributed by atoms with E-state index in [-0.39, 0.29) is 23.7 Å². The van der Waals surface area contributed by atoms with Crippen LogP contribution in [0.5, 0.6) is 11.5 Å². The van der Waals surface area contributed by atoms with Gasteiger partial charge in [0.1, 0.15) is 17.9 Å². The Labute approximate surface area is 154 Å². The topological polar surface area (TPSA) is 66.8 Å². The van der Waals surface area contributed by atoms with Gasteiger partial charge in [-0.3, -0.25) is 4.79 Å². The number of aliphatic hydroxyl groups excluding tert-OH is 1. The number of fused-ring (bicyclic) bond motifs is 5. The van der Waals surface area contributed by atoms with Crippen molar-refractivity contribution in [2.45, 2.75) is 63.9 Å². The lowest BCUT2D eigenvalue weighted by Gasteiger charge is -2.50. The van der Waals surface area contributed by atoms with Crippen LogP contribution in [0.25, 0.3) is 0 Å². The lowest BCUT2D eigenvalue weighted by Crippen LogP contribution is -2.44. The second-order valence-electron chi connectivity index (χ2n) is 8.42. The molecule has 0 amide bonds.